The molecule has 1 aromatic carbocycles. The van der Waals surface area contributed by atoms with Crippen molar-refractivity contribution in [2.24, 2.45) is 0 Å². The maximum absolute atomic E-state index is 2.33. The third-order valence-electron chi connectivity index (χ3n) is 4.69. The van der Waals surface area contributed by atoms with Crippen LogP contribution in [0.1, 0.15) is 58.1 Å². The molecule has 0 N–H and O–H groups in total. The number of hydrogen-bond donors (Lipinski definition) is 0. The van der Waals surface area contributed by atoms with E-state index < -0.39 is 0 Å². The average molecular weight is 248 g/mol. The zero-order valence-corrected chi connectivity index (χ0v) is 12.9. The Bertz CT molecular complexity index is 327. The highest BCUT2D eigenvalue weighted by Gasteiger charge is 2.20. The Balaban J connectivity index is 2.79. The van der Waals surface area contributed by atoms with Gasteiger partial charge in [0.25, 0.3) is 0 Å². The van der Waals surface area contributed by atoms with Crippen LogP contribution in [0.4, 0.5) is 0 Å². The van der Waals surface area contributed by atoms with Gasteiger partial charge in [0.1, 0.15) is 6.54 Å². The lowest BCUT2D eigenvalue weighted by molar-refractivity contribution is -0.936. The topological polar surface area (TPSA) is 0 Å². The van der Waals surface area contributed by atoms with Crippen LogP contribution in [0.5, 0.6) is 0 Å². The van der Waals surface area contributed by atoms with E-state index in [9.17, 15) is 0 Å². The summed E-state index contributed by atoms with van der Waals surface area (Å²) in [5, 5.41) is 0. The molecular formula is C17H30N+. The lowest BCUT2D eigenvalue weighted by Gasteiger charge is -2.36. The molecule has 1 aromatic rings. The summed E-state index contributed by atoms with van der Waals surface area (Å²) in [5.41, 5.74) is 2.96. The zero-order valence-electron chi connectivity index (χ0n) is 12.9. The first kappa shape index (κ1) is 15.2. The quantitative estimate of drug-likeness (QED) is 0.620. The van der Waals surface area contributed by atoms with E-state index in [-0.39, 0.29) is 0 Å². The van der Waals surface area contributed by atoms with Gasteiger partial charge in [-0.05, 0) is 38.7 Å². The van der Waals surface area contributed by atoms with Crippen molar-refractivity contribution in [1.82, 2.24) is 0 Å². The maximum Gasteiger partial charge on any atom is 0.104 e. The number of benzene rings is 1. The molecule has 1 heteroatoms. The summed E-state index contributed by atoms with van der Waals surface area (Å²) in [4.78, 5) is 0. The van der Waals surface area contributed by atoms with Crippen LogP contribution >= 0.6 is 0 Å². The molecule has 0 amide bonds. The predicted molar refractivity (Wildman–Crippen MR) is 80.7 cm³/mol. The van der Waals surface area contributed by atoms with E-state index in [4.69, 9.17) is 0 Å². The Morgan fingerprint density at radius 3 is 1.78 bits per heavy atom. The summed E-state index contributed by atoms with van der Waals surface area (Å²) in [5.74, 6) is 0.682. The van der Waals surface area contributed by atoms with Crippen LogP contribution in [-0.4, -0.2) is 24.1 Å². The van der Waals surface area contributed by atoms with Gasteiger partial charge in [0.15, 0.2) is 0 Å². The summed E-state index contributed by atoms with van der Waals surface area (Å²) >= 11 is 0. The third-order valence-corrected chi connectivity index (χ3v) is 4.69. The molecule has 0 saturated heterocycles. The molecule has 1 atom stereocenters. The van der Waals surface area contributed by atoms with Gasteiger partial charge in [-0.3, -0.25) is 0 Å². The molecule has 0 radical (unpaired) electrons. The van der Waals surface area contributed by atoms with Gasteiger partial charge in [-0.25, -0.2) is 0 Å². The molecule has 0 saturated carbocycles. The van der Waals surface area contributed by atoms with Crippen LogP contribution in [0.3, 0.4) is 0 Å². The highest BCUT2D eigenvalue weighted by atomic mass is 15.3. The first-order chi connectivity index (χ1) is 8.60. The van der Waals surface area contributed by atoms with Gasteiger partial charge in [-0.15, -0.1) is 0 Å². The molecule has 1 nitrogen and oxygen atoms in total. The van der Waals surface area contributed by atoms with Crippen molar-refractivity contribution in [3.63, 3.8) is 0 Å². The number of hydrogen-bond acceptors (Lipinski definition) is 0. The Morgan fingerprint density at radius 1 is 0.889 bits per heavy atom. The molecule has 0 aliphatic heterocycles. The molecule has 0 aliphatic rings. The monoisotopic (exact) mass is 248 g/mol. The van der Waals surface area contributed by atoms with Crippen LogP contribution in [0, 0.1) is 0 Å². The molecule has 0 aromatic heterocycles. The minimum atomic E-state index is 0.682. The normalized spacial score (nSPS) is 13.6. The largest absolute Gasteiger partial charge is 0.321 e. The van der Waals surface area contributed by atoms with E-state index in [0.29, 0.717) is 5.92 Å². The smallest absolute Gasteiger partial charge is 0.104 e. The number of rotatable bonds is 7. The Labute approximate surface area is 113 Å². The second-order valence-electron chi connectivity index (χ2n) is 5.50. The van der Waals surface area contributed by atoms with Crippen molar-refractivity contribution in [3.05, 3.63) is 35.4 Å². The van der Waals surface area contributed by atoms with Gasteiger partial charge < -0.3 is 4.48 Å². The summed E-state index contributed by atoms with van der Waals surface area (Å²) in [6, 6.07) is 9.29. The SMILES string of the molecule is CCC(C)c1ccc(C[N+](CC)(CC)CC)cc1. The Morgan fingerprint density at radius 2 is 1.39 bits per heavy atom. The van der Waals surface area contributed by atoms with Gasteiger partial charge in [-0.1, -0.05) is 38.1 Å². The highest BCUT2D eigenvalue weighted by Crippen LogP contribution is 2.20. The Hall–Kier alpha value is -0.820. The molecule has 1 rings (SSSR count). The van der Waals surface area contributed by atoms with Gasteiger partial charge >= 0.3 is 0 Å². The summed E-state index contributed by atoms with van der Waals surface area (Å²) in [7, 11) is 0. The van der Waals surface area contributed by atoms with Crippen molar-refractivity contribution < 1.29 is 4.48 Å². The molecular weight excluding hydrogens is 218 g/mol. The second kappa shape index (κ2) is 6.94. The van der Waals surface area contributed by atoms with Crippen LogP contribution in [0.25, 0.3) is 0 Å². The van der Waals surface area contributed by atoms with E-state index in [1.54, 1.807) is 0 Å². The lowest BCUT2D eigenvalue weighted by Crippen LogP contribution is -2.46. The van der Waals surface area contributed by atoms with E-state index in [0.717, 1.165) is 0 Å². The van der Waals surface area contributed by atoms with Gasteiger partial charge in [0, 0.05) is 5.56 Å². The molecule has 0 bridgehead atoms. The van der Waals surface area contributed by atoms with Gasteiger partial charge in [-0.2, -0.15) is 0 Å². The Kier molecular flexibility index (Phi) is 5.87. The average Bonchev–Trinajstić information content (AvgIpc) is 2.45. The maximum atomic E-state index is 2.33. The van der Waals surface area contributed by atoms with Crippen molar-refractivity contribution >= 4 is 0 Å². The summed E-state index contributed by atoms with van der Waals surface area (Å²) in [6.07, 6.45) is 1.22. The lowest BCUT2D eigenvalue weighted by atomic mass is 9.97. The first-order valence-corrected chi connectivity index (χ1v) is 7.54. The van der Waals surface area contributed by atoms with Crippen molar-refractivity contribution in [3.8, 4) is 0 Å². The first-order valence-electron chi connectivity index (χ1n) is 7.54. The van der Waals surface area contributed by atoms with E-state index in [1.807, 2.05) is 0 Å². The fourth-order valence-corrected chi connectivity index (χ4v) is 2.58. The third kappa shape index (κ3) is 3.58. The molecule has 18 heavy (non-hydrogen) atoms. The van der Waals surface area contributed by atoms with Crippen LogP contribution in [0.2, 0.25) is 0 Å². The van der Waals surface area contributed by atoms with Crippen molar-refractivity contribution in [2.45, 2.75) is 53.5 Å². The van der Waals surface area contributed by atoms with Crippen LogP contribution in [-0.2, 0) is 6.54 Å². The van der Waals surface area contributed by atoms with E-state index in [2.05, 4.69) is 58.9 Å². The van der Waals surface area contributed by atoms with Crippen LogP contribution < -0.4 is 0 Å². The molecule has 0 spiro atoms. The molecule has 0 heterocycles. The van der Waals surface area contributed by atoms with Crippen molar-refractivity contribution in [1.29, 1.82) is 0 Å². The fraction of sp³-hybridized carbons (Fsp3) is 0.647. The molecule has 102 valence electrons. The van der Waals surface area contributed by atoms with Gasteiger partial charge in [0.2, 0.25) is 0 Å². The number of quaternary nitrogens is 1. The molecule has 0 aliphatic carbocycles. The van der Waals surface area contributed by atoms with E-state index >= 15 is 0 Å². The minimum absolute atomic E-state index is 0.682. The number of nitrogens with zero attached hydrogens (tertiary/aromatic N) is 1. The van der Waals surface area contributed by atoms with Crippen molar-refractivity contribution in [2.75, 3.05) is 19.6 Å². The van der Waals surface area contributed by atoms with Gasteiger partial charge in [0.05, 0.1) is 19.6 Å². The van der Waals surface area contributed by atoms with E-state index in [1.165, 1.54) is 48.2 Å². The zero-order chi connectivity index (χ0) is 13.6. The minimum Gasteiger partial charge on any atom is -0.321 e. The molecule has 0 fully saturated rings. The standard InChI is InChI=1S/C17H30N/c1-6-15(5)17-12-10-16(11-13-17)14-18(7-2,8-3)9-4/h10-13,15H,6-9,14H2,1-5H3/q+1. The summed E-state index contributed by atoms with van der Waals surface area (Å²) in [6.45, 7) is 16.3. The summed E-state index contributed by atoms with van der Waals surface area (Å²) < 4.78 is 1.20. The van der Waals surface area contributed by atoms with Crippen LogP contribution in [0.15, 0.2) is 24.3 Å². The molecule has 1 unspecified atom stereocenters. The second-order valence-corrected chi connectivity index (χ2v) is 5.50. The highest BCUT2D eigenvalue weighted by molar-refractivity contribution is 5.24. The fourth-order valence-electron chi connectivity index (χ4n) is 2.58. The predicted octanol–water partition coefficient (Wildman–Crippen LogP) is 4.58.